The molecule has 0 amide bonds. The van der Waals surface area contributed by atoms with Crippen LogP contribution in [0.1, 0.15) is 52.9 Å². The van der Waals surface area contributed by atoms with E-state index in [0.717, 1.165) is 38.9 Å². The third-order valence-electron chi connectivity index (χ3n) is 3.08. The summed E-state index contributed by atoms with van der Waals surface area (Å²) in [7, 11) is 0. The summed E-state index contributed by atoms with van der Waals surface area (Å²) in [4.78, 5) is 0. The first-order chi connectivity index (χ1) is 8.50. The van der Waals surface area contributed by atoms with Crippen molar-refractivity contribution in [2.75, 3.05) is 26.4 Å². The highest BCUT2D eigenvalue weighted by Crippen LogP contribution is 2.22. The molecule has 0 aromatic heterocycles. The molecular formula is C14H30N2O2. The molecule has 4 heteroatoms. The SMILES string of the molecule is CCCCOCCOCCCCC(C)(C)C(=N)N. The zero-order valence-electron chi connectivity index (χ0n) is 12.3. The molecule has 0 bridgehead atoms. The molecule has 0 radical (unpaired) electrons. The molecule has 0 unspecified atom stereocenters. The Balaban J connectivity index is 3.24. The van der Waals surface area contributed by atoms with Gasteiger partial charge in [-0.1, -0.05) is 33.6 Å². The number of nitrogens with one attached hydrogen (secondary N) is 1. The predicted molar refractivity (Wildman–Crippen MR) is 76.1 cm³/mol. The van der Waals surface area contributed by atoms with Crippen molar-refractivity contribution in [3.63, 3.8) is 0 Å². The number of hydrogen-bond donors (Lipinski definition) is 2. The quantitative estimate of drug-likeness (QED) is 0.321. The van der Waals surface area contributed by atoms with Crippen LogP contribution in [0.4, 0.5) is 0 Å². The van der Waals surface area contributed by atoms with Crippen molar-refractivity contribution in [2.24, 2.45) is 11.1 Å². The third kappa shape index (κ3) is 9.42. The van der Waals surface area contributed by atoms with Gasteiger partial charge >= 0.3 is 0 Å². The van der Waals surface area contributed by atoms with Crippen LogP contribution >= 0.6 is 0 Å². The highest BCUT2D eigenvalue weighted by Gasteiger charge is 2.20. The zero-order chi connectivity index (χ0) is 13.9. The molecule has 0 heterocycles. The lowest BCUT2D eigenvalue weighted by atomic mass is 9.86. The molecule has 0 aromatic rings. The molecule has 0 aliphatic heterocycles. The molecule has 0 atom stereocenters. The van der Waals surface area contributed by atoms with E-state index in [1.54, 1.807) is 0 Å². The predicted octanol–water partition coefficient (Wildman–Crippen LogP) is 2.95. The number of unbranched alkanes of at least 4 members (excludes halogenated alkanes) is 2. The van der Waals surface area contributed by atoms with Gasteiger partial charge in [-0.2, -0.15) is 0 Å². The molecule has 3 N–H and O–H groups in total. The highest BCUT2D eigenvalue weighted by molar-refractivity contribution is 5.82. The van der Waals surface area contributed by atoms with Gasteiger partial charge in [-0.15, -0.1) is 0 Å². The number of ether oxygens (including phenoxy) is 2. The van der Waals surface area contributed by atoms with Crippen LogP contribution in [0.3, 0.4) is 0 Å². The van der Waals surface area contributed by atoms with Crippen molar-refractivity contribution in [2.45, 2.75) is 52.9 Å². The third-order valence-corrected chi connectivity index (χ3v) is 3.08. The molecule has 0 saturated carbocycles. The minimum atomic E-state index is -0.177. The van der Waals surface area contributed by atoms with Crippen LogP contribution in [0.5, 0.6) is 0 Å². The molecule has 108 valence electrons. The van der Waals surface area contributed by atoms with Crippen molar-refractivity contribution in [1.29, 1.82) is 5.41 Å². The lowest BCUT2D eigenvalue weighted by molar-refractivity contribution is 0.0449. The molecule has 0 saturated heterocycles. The van der Waals surface area contributed by atoms with E-state index in [-0.39, 0.29) is 11.3 Å². The van der Waals surface area contributed by atoms with Gasteiger partial charge in [-0.25, -0.2) is 0 Å². The summed E-state index contributed by atoms with van der Waals surface area (Å²) in [6.07, 6.45) is 5.31. The molecule has 0 spiro atoms. The van der Waals surface area contributed by atoms with Gasteiger partial charge in [0.25, 0.3) is 0 Å². The normalized spacial score (nSPS) is 11.7. The lowest BCUT2D eigenvalue weighted by Crippen LogP contribution is -2.30. The summed E-state index contributed by atoms with van der Waals surface area (Å²) < 4.78 is 10.9. The Kier molecular flexibility index (Phi) is 9.98. The van der Waals surface area contributed by atoms with Gasteiger partial charge in [-0.05, 0) is 19.3 Å². The average Bonchev–Trinajstić information content (AvgIpc) is 2.31. The Morgan fingerprint density at radius 1 is 1.00 bits per heavy atom. The standard InChI is InChI=1S/C14H30N2O2/c1-4-5-9-17-11-12-18-10-7-6-8-14(2,3)13(15)16/h4-12H2,1-3H3,(H3,15,16). The average molecular weight is 258 g/mol. The number of hydrogen-bond acceptors (Lipinski definition) is 3. The molecule has 0 fully saturated rings. The van der Waals surface area contributed by atoms with Crippen LogP contribution < -0.4 is 5.73 Å². The number of rotatable bonds is 12. The van der Waals surface area contributed by atoms with Gasteiger partial charge < -0.3 is 15.2 Å². The summed E-state index contributed by atoms with van der Waals surface area (Å²) in [6, 6.07) is 0. The zero-order valence-corrected chi connectivity index (χ0v) is 12.3. The smallest absolute Gasteiger partial charge is 0.0963 e. The van der Waals surface area contributed by atoms with Crippen molar-refractivity contribution < 1.29 is 9.47 Å². The maximum Gasteiger partial charge on any atom is 0.0963 e. The Labute approximate surface area is 112 Å². The van der Waals surface area contributed by atoms with Crippen LogP contribution in [-0.4, -0.2) is 32.3 Å². The van der Waals surface area contributed by atoms with Crippen LogP contribution in [0, 0.1) is 10.8 Å². The summed E-state index contributed by atoms with van der Waals surface area (Å²) in [6.45, 7) is 9.16. The van der Waals surface area contributed by atoms with E-state index in [2.05, 4.69) is 6.92 Å². The number of nitrogens with two attached hydrogens (primary N) is 1. The fraction of sp³-hybridized carbons (Fsp3) is 0.929. The van der Waals surface area contributed by atoms with E-state index in [4.69, 9.17) is 20.6 Å². The maximum absolute atomic E-state index is 7.45. The molecule has 18 heavy (non-hydrogen) atoms. The van der Waals surface area contributed by atoms with E-state index in [1.165, 1.54) is 6.42 Å². The molecule has 0 aromatic carbocycles. The fourth-order valence-electron chi connectivity index (χ4n) is 1.47. The first-order valence-corrected chi connectivity index (χ1v) is 7.00. The van der Waals surface area contributed by atoms with Gasteiger partial charge in [0.05, 0.1) is 19.0 Å². The minimum absolute atomic E-state index is 0.177. The second kappa shape index (κ2) is 10.3. The molecule has 0 aliphatic carbocycles. The Bertz CT molecular complexity index is 218. The van der Waals surface area contributed by atoms with E-state index < -0.39 is 0 Å². The maximum atomic E-state index is 7.45. The van der Waals surface area contributed by atoms with Crippen LogP contribution in [-0.2, 0) is 9.47 Å². The van der Waals surface area contributed by atoms with E-state index in [0.29, 0.717) is 13.2 Å². The molecule has 0 rings (SSSR count). The first-order valence-electron chi connectivity index (χ1n) is 7.00. The second-order valence-electron chi connectivity index (χ2n) is 5.33. The van der Waals surface area contributed by atoms with Crippen LogP contribution in [0.2, 0.25) is 0 Å². The van der Waals surface area contributed by atoms with Gasteiger partial charge in [0.1, 0.15) is 0 Å². The van der Waals surface area contributed by atoms with Gasteiger partial charge in [0.15, 0.2) is 0 Å². The van der Waals surface area contributed by atoms with Crippen molar-refractivity contribution in [1.82, 2.24) is 0 Å². The van der Waals surface area contributed by atoms with Gasteiger partial charge in [0.2, 0.25) is 0 Å². The van der Waals surface area contributed by atoms with E-state index in [9.17, 15) is 0 Å². The summed E-state index contributed by atoms with van der Waals surface area (Å²) in [5.41, 5.74) is 5.35. The van der Waals surface area contributed by atoms with Gasteiger partial charge in [-0.3, -0.25) is 5.41 Å². The monoisotopic (exact) mass is 258 g/mol. The first kappa shape index (κ1) is 17.4. The van der Waals surface area contributed by atoms with Crippen molar-refractivity contribution >= 4 is 5.84 Å². The summed E-state index contributed by atoms with van der Waals surface area (Å²) >= 11 is 0. The van der Waals surface area contributed by atoms with Crippen molar-refractivity contribution in [3.05, 3.63) is 0 Å². The fourth-order valence-corrected chi connectivity index (χ4v) is 1.47. The lowest BCUT2D eigenvalue weighted by Gasteiger charge is -2.22. The Morgan fingerprint density at radius 3 is 2.06 bits per heavy atom. The Morgan fingerprint density at radius 2 is 1.56 bits per heavy atom. The molecule has 4 nitrogen and oxygen atoms in total. The minimum Gasteiger partial charge on any atom is -0.387 e. The summed E-state index contributed by atoms with van der Waals surface area (Å²) in [5, 5.41) is 7.45. The Hall–Kier alpha value is -0.610. The largest absolute Gasteiger partial charge is 0.387 e. The highest BCUT2D eigenvalue weighted by atomic mass is 16.5. The van der Waals surface area contributed by atoms with Crippen LogP contribution in [0.25, 0.3) is 0 Å². The van der Waals surface area contributed by atoms with E-state index >= 15 is 0 Å². The second-order valence-corrected chi connectivity index (χ2v) is 5.33. The van der Waals surface area contributed by atoms with Crippen molar-refractivity contribution in [3.8, 4) is 0 Å². The number of amidine groups is 1. The molecule has 0 aliphatic rings. The van der Waals surface area contributed by atoms with E-state index in [1.807, 2.05) is 13.8 Å². The van der Waals surface area contributed by atoms with Gasteiger partial charge in [0, 0.05) is 18.6 Å². The summed E-state index contributed by atoms with van der Waals surface area (Å²) in [5.74, 6) is 0.271. The topological polar surface area (TPSA) is 68.3 Å². The van der Waals surface area contributed by atoms with Crippen LogP contribution in [0.15, 0.2) is 0 Å². The molecular weight excluding hydrogens is 228 g/mol.